The fourth-order valence-corrected chi connectivity index (χ4v) is 2.58. The van der Waals surface area contributed by atoms with Crippen molar-refractivity contribution in [3.05, 3.63) is 35.9 Å². The minimum atomic E-state index is 0.271. The van der Waals surface area contributed by atoms with Gasteiger partial charge in [0.1, 0.15) is 0 Å². The Labute approximate surface area is 110 Å². The summed E-state index contributed by atoms with van der Waals surface area (Å²) in [5.41, 5.74) is 1.42. The minimum absolute atomic E-state index is 0.271. The van der Waals surface area contributed by atoms with Crippen LogP contribution >= 0.6 is 0 Å². The molecule has 1 fully saturated rings. The van der Waals surface area contributed by atoms with Crippen LogP contribution in [0.2, 0.25) is 0 Å². The van der Waals surface area contributed by atoms with Crippen LogP contribution in [0.5, 0.6) is 0 Å². The van der Waals surface area contributed by atoms with Crippen LogP contribution in [0.25, 0.3) is 0 Å². The third-order valence-corrected chi connectivity index (χ3v) is 3.96. The Kier molecular flexibility index (Phi) is 3.74. The van der Waals surface area contributed by atoms with Crippen LogP contribution in [0, 0.1) is 11.3 Å². The highest BCUT2D eigenvalue weighted by Gasteiger charge is 2.33. The highest BCUT2D eigenvalue weighted by atomic mass is 16.2. The Balaban J connectivity index is 1.92. The predicted molar refractivity (Wildman–Crippen MR) is 74.3 cm³/mol. The maximum Gasteiger partial charge on any atom is 0.226 e. The molecule has 18 heavy (non-hydrogen) atoms. The van der Waals surface area contributed by atoms with Crippen LogP contribution in [0.15, 0.2) is 30.3 Å². The molecule has 1 aliphatic heterocycles. The van der Waals surface area contributed by atoms with Crippen LogP contribution in [-0.2, 0) is 11.2 Å². The second-order valence-corrected chi connectivity index (χ2v) is 6.35. The van der Waals surface area contributed by atoms with Gasteiger partial charge < -0.3 is 4.90 Å². The second-order valence-electron chi connectivity index (χ2n) is 6.35. The van der Waals surface area contributed by atoms with Crippen molar-refractivity contribution in [2.45, 2.75) is 33.6 Å². The van der Waals surface area contributed by atoms with Crippen LogP contribution in [-0.4, -0.2) is 23.9 Å². The van der Waals surface area contributed by atoms with Gasteiger partial charge in [-0.25, -0.2) is 0 Å². The Morgan fingerprint density at radius 3 is 2.50 bits per heavy atom. The van der Waals surface area contributed by atoms with E-state index in [4.69, 9.17) is 0 Å². The molecule has 1 saturated heterocycles. The molecule has 2 heteroatoms. The van der Waals surface area contributed by atoms with Crippen molar-refractivity contribution in [1.29, 1.82) is 0 Å². The number of benzene rings is 1. The first-order chi connectivity index (χ1) is 8.47. The average Bonchev–Trinajstić information content (AvgIpc) is 2.79. The molecule has 1 heterocycles. The first kappa shape index (κ1) is 13.1. The average molecular weight is 245 g/mol. The summed E-state index contributed by atoms with van der Waals surface area (Å²) in [6.07, 6.45) is 1.68. The molecule has 0 N–H and O–H groups in total. The fourth-order valence-electron chi connectivity index (χ4n) is 2.58. The van der Waals surface area contributed by atoms with Crippen molar-refractivity contribution in [1.82, 2.24) is 4.90 Å². The van der Waals surface area contributed by atoms with E-state index in [0.717, 1.165) is 25.1 Å². The molecule has 0 spiro atoms. The monoisotopic (exact) mass is 245 g/mol. The van der Waals surface area contributed by atoms with E-state index in [1.807, 2.05) is 35.2 Å². The van der Waals surface area contributed by atoms with Crippen molar-refractivity contribution in [2.24, 2.45) is 11.3 Å². The Morgan fingerprint density at radius 1 is 1.28 bits per heavy atom. The third-order valence-electron chi connectivity index (χ3n) is 3.96. The number of carbonyl (C=O) groups is 1. The molecule has 0 unspecified atom stereocenters. The molecule has 1 aromatic carbocycles. The lowest BCUT2D eigenvalue weighted by atomic mass is 9.80. The van der Waals surface area contributed by atoms with E-state index in [9.17, 15) is 4.79 Å². The van der Waals surface area contributed by atoms with E-state index in [0.29, 0.717) is 17.8 Å². The summed E-state index contributed by atoms with van der Waals surface area (Å²) in [4.78, 5) is 14.2. The molecule has 0 aliphatic carbocycles. The summed E-state index contributed by atoms with van der Waals surface area (Å²) in [6, 6.07) is 10.0. The molecule has 2 nitrogen and oxygen atoms in total. The van der Waals surface area contributed by atoms with Gasteiger partial charge >= 0.3 is 0 Å². The molecule has 0 radical (unpaired) electrons. The summed E-state index contributed by atoms with van der Waals surface area (Å²) in [7, 11) is 0. The lowest BCUT2D eigenvalue weighted by Crippen LogP contribution is -2.32. The quantitative estimate of drug-likeness (QED) is 0.784. The van der Waals surface area contributed by atoms with Gasteiger partial charge in [0.05, 0.1) is 6.42 Å². The number of nitrogens with zero attached hydrogens (tertiary/aromatic N) is 1. The van der Waals surface area contributed by atoms with Gasteiger partial charge in [-0.1, -0.05) is 51.1 Å². The van der Waals surface area contributed by atoms with E-state index in [-0.39, 0.29) is 5.91 Å². The molecule has 0 saturated carbocycles. The lowest BCUT2D eigenvalue weighted by Gasteiger charge is -2.27. The van der Waals surface area contributed by atoms with Crippen molar-refractivity contribution in [3.63, 3.8) is 0 Å². The van der Waals surface area contributed by atoms with Crippen LogP contribution in [0.3, 0.4) is 0 Å². The number of hydrogen-bond donors (Lipinski definition) is 0. The summed E-state index contributed by atoms with van der Waals surface area (Å²) in [5, 5.41) is 0. The molecule has 2 rings (SSSR count). The summed E-state index contributed by atoms with van der Waals surface area (Å²) < 4.78 is 0. The van der Waals surface area contributed by atoms with Gasteiger partial charge in [-0.3, -0.25) is 4.79 Å². The number of hydrogen-bond acceptors (Lipinski definition) is 1. The molecule has 1 amide bonds. The normalized spacial score (nSPS) is 20.2. The molecule has 0 aromatic heterocycles. The molecule has 1 aromatic rings. The standard InChI is InChI=1S/C16H23NO/c1-16(2,3)14-9-10-17(12-14)15(18)11-13-7-5-4-6-8-13/h4-8,14H,9-12H2,1-3H3/t14-/m1/s1. The van der Waals surface area contributed by atoms with Gasteiger partial charge in [-0.15, -0.1) is 0 Å². The summed E-state index contributed by atoms with van der Waals surface area (Å²) >= 11 is 0. The van der Waals surface area contributed by atoms with E-state index in [2.05, 4.69) is 20.8 Å². The highest BCUT2D eigenvalue weighted by Crippen LogP contribution is 2.33. The van der Waals surface area contributed by atoms with Gasteiger partial charge in [-0.05, 0) is 23.3 Å². The molecule has 1 atom stereocenters. The van der Waals surface area contributed by atoms with Gasteiger partial charge in [0, 0.05) is 13.1 Å². The van der Waals surface area contributed by atoms with E-state index in [1.165, 1.54) is 0 Å². The van der Waals surface area contributed by atoms with Crippen LogP contribution in [0.4, 0.5) is 0 Å². The summed E-state index contributed by atoms with van der Waals surface area (Å²) in [6.45, 7) is 8.65. The number of likely N-dealkylation sites (tertiary alicyclic amines) is 1. The van der Waals surface area contributed by atoms with Gasteiger partial charge in [0.25, 0.3) is 0 Å². The summed E-state index contributed by atoms with van der Waals surface area (Å²) in [5.74, 6) is 0.908. The Hall–Kier alpha value is -1.31. The van der Waals surface area contributed by atoms with Crippen LogP contribution in [0.1, 0.15) is 32.8 Å². The Morgan fingerprint density at radius 2 is 1.94 bits per heavy atom. The maximum absolute atomic E-state index is 12.2. The molecule has 98 valence electrons. The number of amides is 1. The predicted octanol–water partition coefficient (Wildman–Crippen LogP) is 3.12. The van der Waals surface area contributed by atoms with E-state index < -0.39 is 0 Å². The minimum Gasteiger partial charge on any atom is -0.342 e. The first-order valence-electron chi connectivity index (χ1n) is 6.78. The Bertz CT molecular complexity index is 405. The van der Waals surface area contributed by atoms with Crippen LogP contribution < -0.4 is 0 Å². The number of carbonyl (C=O) groups excluding carboxylic acids is 1. The molecular weight excluding hydrogens is 222 g/mol. The lowest BCUT2D eigenvalue weighted by molar-refractivity contribution is -0.129. The zero-order chi connectivity index (χ0) is 13.2. The third kappa shape index (κ3) is 3.12. The molecule has 0 bridgehead atoms. The SMILES string of the molecule is CC(C)(C)[C@@H]1CCN(C(=O)Cc2ccccc2)C1. The zero-order valence-corrected chi connectivity index (χ0v) is 11.6. The van der Waals surface area contributed by atoms with Gasteiger partial charge in [0.2, 0.25) is 5.91 Å². The molecular formula is C16H23NO. The van der Waals surface area contributed by atoms with Crippen molar-refractivity contribution in [2.75, 3.05) is 13.1 Å². The van der Waals surface area contributed by atoms with Gasteiger partial charge in [0.15, 0.2) is 0 Å². The molecule has 1 aliphatic rings. The van der Waals surface area contributed by atoms with Crippen molar-refractivity contribution in [3.8, 4) is 0 Å². The van der Waals surface area contributed by atoms with Gasteiger partial charge in [-0.2, -0.15) is 0 Å². The van der Waals surface area contributed by atoms with Crippen molar-refractivity contribution >= 4 is 5.91 Å². The van der Waals surface area contributed by atoms with E-state index >= 15 is 0 Å². The van der Waals surface area contributed by atoms with E-state index in [1.54, 1.807) is 0 Å². The second kappa shape index (κ2) is 5.13. The largest absolute Gasteiger partial charge is 0.342 e. The smallest absolute Gasteiger partial charge is 0.226 e. The number of rotatable bonds is 2. The van der Waals surface area contributed by atoms with Crippen molar-refractivity contribution < 1.29 is 4.79 Å². The first-order valence-corrected chi connectivity index (χ1v) is 6.78. The highest BCUT2D eigenvalue weighted by molar-refractivity contribution is 5.79. The maximum atomic E-state index is 12.2. The topological polar surface area (TPSA) is 20.3 Å². The fraction of sp³-hybridized carbons (Fsp3) is 0.562. The zero-order valence-electron chi connectivity index (χ0n) is 11.6.